The summed E-state index contributed by atoms with van der Waals surface area (Å²) in [7, 11) is 0. The molecule has 0 nitrogen and oxygen atoms in total. The van der Waals surface area contributed by atoms with E-state index in [0.29, 0.717) is 0 Å². The molecule has 0 saturated heterocycles. The summed E-state index contributed by atoms with van der Waals surface area (Å²) in [6.07, 6.45) is 6.84. The standard InChI is InChI=1S/C11H15BrS/c12-7-2-4-9-3-1-5-11-10(9)6-8-13-11/h6,8-9H,1-5,7H2. The molecule has 2 heteroatoms. The van der Waals surface area contributed by atoms with Gasteiger partial charge in [0.05, 0.1) is 0 Å². The average Bonchev–Trinajstić information content (AvgIpc) is 2.62. The van der Waals surface area contributed by atoms with Crippen molar-refractivity contribution >= 4 is 27.3 Å². The van der Waals surface area contributed by atoms with Crippen LogP contribution in [0.4, 0.5) is 0 Å². The Balaban J connectivity index is 2.07. The Morgan fingerprint density at radius 2 is 2.46 bits per heavy atom. The summed E-state index contributed by atoms with van der Waals surface area (Å²) in [5, 5.41) is 3.42. The lowest BCUT2D eigenvalue weighted by atomic mass is 9.85. The van der Waals surface area contributed by atoms with Crippen molar-refractivity contribution in [1.29, 1.82) is 0 Å². The first kappa shape index (κ1) is 9.72. The largest absolute Gasteiger partial charge is 0.149 e. The number of fused-ring (bicyclic) bond motifs is 1. The van der Waals surface area contributed by atoms with Gasteiger partial charge in [-0.1, -0.05) is 15.9 Å². The lowest BCUT2D eigenvalue weighted by Crippen LogP contribution is -2.07. The van der Waals surface area contributed by atoms with E-state index < -0.39 is 0 Å². The molecule has 72 valence electrons. The van der Waals surface area contributed by atoms with Gasteiger partial charge >= 0.3 is 0 Å². The van der Waals surface area contributed by atoms with Gasteiger partial charge in [0.2, 0.25) is 0 Å². The van der Waals surface area contributed by atoms with Crippen LogP contribution in [0.15, 0.2) is 11.4 Å². The van der Waals surface area contributed by atoms with E-state index in [2.05, 4.69) is 27.4 Å². The number of hydrogen-bond donors (Lipinski definition) is 0. The fraction of sp³-hybridized carbons (Fsp3) is 0.636. The van der Waals surface area contributed by atoms with Gasteiger partial charge in [0, 0.05) is 10.2 Å². The molecular formula is C11H15BrS. The molecule has 1 aliphatic carbocycles. The van der Waals surface area contributed by atoms with Crippen molar-refractivity contribution in [3.63, 3.8) is 0 Å². The van der Waals surface area contributed by atoms with Crippen molar-refractivity contribution in [2.75, 3.05) is 5.33 Å². The number of halogens is 1. The van der Waals surface area contributed by atoms with Crippen molar-refractivity contribution in [2.24, 2.45) is 0 Å². The van der Waals surface area contributed by atoms with Gasteiger partial charge in [-0.15, -0.1) is 11.3 Å². The molecule has 1 aliphatic rings. The molecule has 1 atom stereocenters. The van der Waals surface area contributed by atoms with Crippen molar-refractivity contribution in [1.82, 2.24) is 0 Å². The van der Waals surface area contributed by atoms with Crippen molar-refractivity contribution in [3.05, 3.63) is 21.9 Å². The Morgan fingerprint density at radius 1 is 1.54 bits per heavy atom. The minimum absolute atomic E-state index is 0.868. The minimum Gasteiger partial charge on any atom is -0.149 e. The zero-order valence-electron chi connectivity index (χ0n) is 7.76. The van der Waals surface area contributed by atoms with E-state index >= 15 is 0 Å². The van der Waals surface area contributed by atoms with Gasteiger partial charge in [-0.25, -0.2) is 0 Å². The fourth-order valence-electron chi connectivity index (χ4n) is 2.21. The third kappa shape index (κ3) is 2.16. The summed E-state index contributed by atoms with van der Waals surface area (Å²) in [5.41, 5.74) is 1.66. The van der Waals surface area contributed by atoms with Crippen LogP contribution < -0.4 is 0 Å². The highest BCUT2D eigenvalue weighted by Gasteiger charge is 2.20. The zero-order chi connectivity index (χ0) is 9.10. The second-order valence-corrected chi connectivity index (χ2v) is 5.51. The summed E-state index contributed by atoms with van der Waals surface area (Å²) in [6.45, 7) is 0. The minimum atomic E-state index is 0.868. The molecule has 1 unspecified atom stereocenters. The van der Waals surface area contributed by atoms with Crippen LogP contribution in [-0.4, -0.2) is 5.33 Å². The molecule has 1 aromatic heterocycles. The summed E-state index contributed by atoms with van der Waals surface area (Å²) in [4.78, 5) is 1.66. The van der Waals surface area contributed by atoms with Gasteiger partial charge in [-0.2, -0.15) is 0 Å². The fourth-order valence-corrected chi connectivity index (χ4v) is 3.54. The zero-order valence-corrected chi connectivity index (χ0v) is 10.2. The van der Waals surface area contributed by atoms with Crippen LogP contribution in [0.3, 0.4) is 0 Å². The molecule has 0 radical (unpaired) electrons. The third-order valence-corrected chi connectivity index (χ3v) is 4.42. The van der Waals surface area contributed by atoms with E-state index in [1.54, 1.807) is 10.4 Å². The average molecular weight is 259 g/mol. The third-order valence-electron chi connectivity index (χ3n) is 2.86. The van der Waals surface area contributed by atoms with Gasteiger partial charge in [-0.05, 0) is 55.0 Å². The van der Waals surface area contributed by atoms with Gasteiger partial charge in [0.15, 0.2) is 0 Å². The Bertz CT molecular complexity index is 267. The molecule has 2 rings (SSSR count). The molecule has 13 heavy (non-hydrogen) atoms. The Kier molecular flexibility index (Phi) is 3.45. The lowest BCUT2D eigenvalue weighted by molar-refractivity contribution is 0.522. The second-order valence-electron chi connectivity index (χ2n) is 3.72. The van der Waals surface area contributed by atoms with E-state index in [-0.39, 0.29) is 0 Å². The number of rotatable bonds is 3. The van der Waals surface area contributed by atoms with Gasteiger partial charge in [-0.3, -0.25) is 0 Å². The van der Waals surface area contributed by atoms with E-state index in [4.69, 9.17) is 0 Å². The van der Waals surface area contributed by atoms with Crippen LogP contribution in [0, 0.1) is 0 Å². The topological polar surface area (TPSA) is 0 Å². The Hall–Kier alpha value is 0.180. The van der Waals surface area contributed by atoms with E-state index in [1.165, 1.54) is 32.1 Å². The molecule has 1 aromatic rings. The summed E-state index contributed by atoms with van der Waals surface area (Å²) in [6, 6.07) is 2.35. The highest BCUT2D eigenvalue weighted by molar-refractivity contribution is 9.09. The maximum absolute atomic E-state index is 3.51. The van der Waals surface area contributed by atoms with Gasteiger partial charge in [0.1, 0.15) is 0 Å². The van der Waals surface area contributed by atoms with Crippen LogP contribution in [0.1, 0.15) is 42.0 Å². The molecule has 0 spiro atoms. The van der Waals surface area contributed by atoms with Gasteiger partial charge in [0.25, 0.3) is 0 Å². The molecule has 0 fully saturated rings. The molecule has 0 aromatic carbocycles. The SMILES string of the molecule is BrCCCC1CCCc2sccc21. The van der Waals surface area contributed by atoms with Gasteiger partial charge < -0.3 is 0 Å². The predicted molar refractivity (Wildman–Crippen MR) is 63.0 cm³/mol. The van der Waals surface area contributed by atoms with Crippen LogP contribution in [0.2, 0.25) is 0 Å². The molecule has 0 saturated carbocycles. The normalized spacial score (nSPS) is 21.5. The van der Waals surface area contributed by atoms with Crippen LogP contribution in [0.25, 0.3) is 0 Å². The molecule has 0 amide bonds. The maximum atomic E-state index is 3.51. The summed E-state index contributed by atoms with van der Waals surface area (Å²) in [5.74, 6) is 0.868. The Morgan fingerprint density at radius 3 is 3.31 bits per heavy atom. The summed E-state index contributed by atoms with van der Waals surface area (Å²) >= 11 is 5.46. The predicted octanol–water partition coefficient (Wildman–Crippen LogP) is 4.34. The molecule has 0 aliphatic heterocycles. The number of alkyl halides is 1. The summed E-state index contributed by atoms with van der Waals surface area (Å²) < 4.78 is 0. The van der Waals surface area contributed by atoms with Crippen LogP contribution in [0.5, 0.6) is 0 Å². The first-order valence-corrected chi connectivity index (χ1v) is 7.04. The molecule has 0 bridgehead atoms. The van der Waals surface area contributed by atoms with Crippen LogP contribution in [-0.2, 0) is 6.42 Å². The molecule has 1 heterocycles. The quantitative estimate of drug-likeness (QED) is 0.708. The molecule has 0 N–H and O–H groups in total. The second kappa shape index (κ2) is 4.61. The highest BCUT2D eigenvalue weighted by Crippen LogP contribution is 2.37. The van der Waals surface area contributed by atoms with E-state index in [1.807, 2.05) is 11.3 Å². The Labute approximate surface area is 92.5 Å². The highest BCUT2D eigenvalue weighted by atomic mass is 79.9. The number of hydrogen-bond acceptors (Lipinski definition) is 1. The monoisotopic (exact) mass is 258 g/mol. The van der Waals surface area contributed by atoms with Crippen molar-refractivity contribution in [3.8, 4) is 0 Å². The first-order chi connectivity index (χ1) is 6.42. The van der Waals surface area contributed by atoms with Crippen molar-refractivity contribution in [2.45, 2.75) is 38.0 Å². The number of aryl methyl sites for hydroxylation is 1. The van der Waals surface area contributed by atoms with Crippen LogP contribution >= 0.6 is 27.3 Å². The lowest BCUT2D eigenvalue weighted by Gasteiger charge is -2.22. The smallest absolute Gasteiger partial charge is 0.00800 e. The van der Waals surface area contributed by atoms with E-state index in [0.717, 1.165) is 11.2 Å². The first-order valence-electron chi connectivity index (χ1n) is 5.04. The van der Waals surface area contributed by atoms with E-state index in [9.17, 15) is 0 Å². The van der Waals surface area contributed by atoms with Crippen molar-refractivity contribution < 1.29 is 0 Å². The molecular weight excluding hydrogens is 244 g/mol. The number of thiophene rings is 1. The maximum Gasteiger partial charge on any atom is 0.00800 e.